The smallest absolute Gasteiger partial charge is 0.305 e. The SMILES string of the molecule is CC.CCOC(=O)CCCCOc1ccc(NCCN)c(OC)c1. The van der Waals surface area contributed by atoms with Crippen LogP contribution in [0.15, 0.2) is 18.2 Å². The number of esters is 1. The van der Waals surface area contributed by atoms with Gasteiger partial charge in [-0.2, -0.15) is 0 Å². The molecule has 0 spiro atoms. The van der Waals surface area contributed by atoms with Gasteiger partial charge in [-0.05, 0) is 31.9 Å². The van der Waals surface area contributed by atoms with E-state index in [1.807, 2.05) is 32.0 Å². The molecule has 6 nitrogen and oxygen atoms in total. The van der Waals surface area contributed by atoms with E-state index < -0.39 is 0 Å². The quantitative estimate of drug-likeness (QED) is 0.475. The second-order valence-electron chi connectivity index (χ2n) is 4.69. The van der Waals surface area contributed by atoms with Crippen LogP contribution in [0, 0.1) is 0 Å². The molecule has 1 aromatic rings. The Morgan fingerprint density at radius 1 is 1.25 bits per heavy atom. The summed E-state index contributed by atoms with van der Waals surface area (Å²) >= 11 is 0. The molecule has 0 unspecified atom stereocenters. The highest BCUT2D eigenvalue weighted by Crippen LogP contribution is 2.29. The molecular formula is C18H32N2O4. The lowest BCUT2D eigenvalue weighted by Gasteiger charge is -2.13. The summed E-state index contributed by atoms with van der Waals surface area (Å²) in [4.78, 5) is 11.2. The van der Waals surface area contributed by atoms with E-state index in [1.165, 1.54) is 0 Å². The second-order valence-corrected chi connectivity index (χ2v) is 4.69. The number of nitrogens with two attached hydrogens (primary N) is 1. The fourth-order valence-electron chi connectivity index (χ4n) is 1.91. The van der Waals surface area contributed by atoms with Crippen molar-refractivity contribution in [3.8, 4) is 11.5 Å². The topological polar surface area (TPSA) is 82.8 Å². The summed E-state index contributed by atoms with van der Waals surface area (Å²) in [7, 11) is 1.62. The molecular weight excluding hydrogens is 308 g/mol. The van der Waals surface area contributed by atoms with Gasteiger partial charge in [-0.1, -0.05) is 13.8 Å². The van der Waals surface area contributed by atoms with Crippen LogP contribution in [-0.4, -0.2) is 39.4 Å². The van der Waals surface area contributed by atoms with E-state index in [0.717, 1.165) is 30.0 Å². The Balaban J connectivity index is 0.00000254. The molecule has 1 aromatic carbocycles. The van der Waals surface area contributed by atoms with Gasteiger partial charge in [0, 0.05) is 25.6 Å². The van der Waals surface area contributed by atoms with E-state index in [9.17, 15) is 4.79 Å². The fraction of sp³-hybridized carbons (Fsp3) is 0.611. The van der Waals surface area contributed by atoms with Crippen LogP contribution in [0.1, 0.15) is 40.0 Å². The molecule has 0 aliphatic carbocycles. The van der Waals surface area contributed by atoms with Gasteiger partial charge in [-0.3, -0.25) is 4.79 Å². The zero-order valence-electron chi connectivity index (χ0n) is 15.4. The number of carbonyl (C=O) groups is 1. The van der Waals surface area contributed by atoms with Crippen molar-refractivity contribution in [3.63, 3.8) is 0 Å². The van der Waals surface area contributed by atoms with E-state index in [1.54, 1.807) is 14.0 Å². The van der Waals surface area contributed by atoms with Crippen molar-refractivity contribution in [2.75, 3.05) is 38.7 Å². The van der Waals surface area contributed by atoms with Gasteiger partial charge in [0.05, 0.1) is 26.0 Å². The first-order valence-corrected chi connectivity index (χ1v) is 8.61. The van der Waals surface area contributed by atoms with Gasteiger partial charge < -0.3 is 25.3 Å². The maximum atomic E-state index is 11.2. The summed E-state index contributed by atoms with van der Waals surface area (Å²) < 4.78 is 15.9. The van der Waals surface area contributed by atoms with Crippen molar-refractivity contribution >= 4 is 11.7 Å². The van der Waals surface area contributed by atoms with Crippen molar-refractivity contribution in [3.05, 3.63) is 18.2 Å². The molecule has 1 rings (SSSR count). The van der Waals surface area contributed by atoms with Crippen LogP contribution in [0.3, 0.4) is 0 Å². The van der Waals surface area contributed by atoms with Crippen LogP contribution in [-0.2, 0) is 9.53 Å². The molecule has 0 aliphatic rings. The minimum atomic E-state index is -0.153. The zero-order chi connectivity index (χ0) is 18.2. The van der Waals surface area contributed by atoms with Gasteiger partial charge in [0.15, 0.2) is 0 Å². The standard InChI is InChI=1S/C16H26N2O4.C2H6/c1-3-21-16(19)6-4-5-11-22-13-7-8-14(18-10-9-17)15(12-13)20-2;1-2/h7-8,12,18H,3-6,9-11,17H2,1-2H3;1-2H3. The number of carbonyl (C=O) groups excluding carboxylic acids is 1. The van der Waals surface area contributed by atoms with E-state index in [-0.39, 0.29) is 5.97 Å². The molecule has 0 saturated heterocycles. The Labute approximate surface area is 145 Å². The van der Waals surface area contributed by atoms with Crippen LogP contribution in [0.2, 0.25) is 0 Å². The van der Waals surface area contributed by atoms with E-state index >= 15 is 0 Å². The van der Waals surface area contributed by atoms with Gasteiger partial charge >= 0.3 is 5.97 Å². The lowest BCUT2D eigenvalue weighted by atomic mass is 10.2. The Hall–Kier alpha value is -1.95. The highest BCUT2D eigenvalue weighted by atomic mass is 16.5. The first kappa shape index (κ1) is 22.1. The average molecular weight is 340 g/mol. The van der Waals surface area contributed by atoms with Crippen molar-refractivity contribution in [1.29, 1.82) is 0 Å². The number of methoxy groups -OCH3 is 1. The highest BCUT2D eigenvalue weighted by Gasteiger charge is 2.05. The number of hydrogen-bond donors (Lipinski definition) is 2. The predicted octanol–water partition coefficient (Wildman–Crippen LogP) is 3.20. The Morgan fingerprint density at radius 3 is 2.62 bits per heavy atom. The number of ether oxygens (including phenoxy) is 3. The molecule has 0 fully saturated rings. The minimum absolute atomic E-state index is 0.153. The molecule has 0 atom stereocenters. The van der Waals surface area contributed by atoms with Crippen molar-refractivity contribution < 1.29 is 19.0 Å². The van der Waals surface area contributed by atoms with E-state index in [2.05, 4.69) is 5.32 Å². The van der Waals surface area contributed by atoms with E-state index in [0.29, 0.717) is 32.7 Å². The Kier molecular flexibility index (Phi) is 13.4. The number of anilines is 1. The van der Waals surface area contributed by atoms with E-state index in [4.69, 9.17) is 19.9 Å². The van der Waals surface area contributed by atoms with Gasteiger partial charge in [0.25, 0.3) is 0 Å². The Bertz CT molecular complexity index is 453. The van der Waals surface area contributed by atoms with Crippen molar-refractivity contribution in [2.24, 2.45) is 5.73 Å². The molecule has 0 amide bonds. The molecule has 0 bridgehead atoms. The molecule has 0 aliphatic heterocycles. The summed E-state index contributed by atoms with van der Waals surface area (Å²) in [5.41, 5.74) is 6.36. The largest absolute Gasteiger partial charge is 0.494 e. The molecule has 0 saturated carbocycles. The number of nitrogens with one attached hydrogen (secondary N) is 1. The molecule has 3 N–H and O–H groups in total. The summed E-state index contributed by atoms with van der Waals surface area (Å²) in [5, 5.41) is 3.18. The van der Waals surface area contributed by atoms with Gasteiger partial charge in [-0.25, -0.2) is 0 Å². The van der Waals surface area contributed by atoms with Crippen LogP contribution in [0.4, 0.5) is 5.69 Å². The molecule has 24 heavy (non-hydrogen) atoms. The summed E-state index contributed by atoms with van der Waals surface area (Å²) in [5.74, 6) is 1.31. The van der Waals surface area contributed by atoms with Crippen LogP contribution in [0.5, 0.6) is 11.5 Å². The third-order valence-electron chi connectivity index (χ3n) is 2.98. The molecule has 138 valence electrons. The minimum Gasteiger partial charge on any atom is -0.494 e. The summed E-state index contributed by atoms with van der Waals surface area (Å²) in [6.07, 6.45) is 1.99. The average Bonchev–Trinajstić information content (AvgIpc) is 2.62. The maximum Gasteiger partial charge on any atom is 0.305 e. The number of rotatable bonds is 11. The number of unbranched alkanes of at least 4 members (excludes halogenated alkanes) is 1. The number of benzene rings is 1. The first-order valence-electron chi connectivity index (χ1n) is 8.61. The van der Waals surface area contributed by atoms with Crippen LogP contribution in [0.25, 0.3) is 0 Å². The zero-order valence-corrected chi connectivity index (χ0v) is 15.4. The van der Waals surface area contributed by atoms with Crippen LogP contribution < -0.4 is 20.5 Å². The van der Waals surface area contributed by atoms with Crippen LogP contribution >= 0.6 is 0 Å². The third kappa shape index (κ3) is 9.25. The molecule has 6 heteroatoms. The lowest BCUT2D eigenvalue weighted by molar-refractivity contribution is -0.143. The second kappa shape index (κ2) is 14.6. The number of hydrogen-bond acceptors (Lipinski definition) is 6. The van der Waals surface area contributed by atoms with Gasteiger partial charge in [-0.15, -0.1) is 0 Å². The lowest BCUT2D eigenvalue weighted by Crippen LogP contribution is -2.13. The normalized spacial score (nSPS) is 9.54. The van der Waals surface area contributed by atoms with Crippen molar-refractivity contribution in [1.82, 2.24) is 0 Å². The van der Waals surface area contributed by atoms with Gasteiger partial charge in [0.2, 0.25) is 0 Å². The fourth-order valence-corrected chi connectivity index (χ4v) is 1.91. The first-order chi connectivity index (χ1) is 11.7. The molecule has 0 radical (unpaired) electrons. The maximum absolute atomic E-state index is 11.2. The third-order valence-corrected chi connectivity index (χ3v) is 2.98. The van der Waals surface area contributed by atoms with Crippen molar-refractivity contribution in [2.45, 2.75) is 40.0 Å². The highest BCUT2D eigenvalue weighted by molar-refractivity contribution is 5.69. The monoisotopic (exact) mass is 340 g/mol. The molecule has 0 aromatic heterocycles. The summed E-state index contributed by atoms with van der Waals surface area (Å²) in [6.45, 7) is 8.03. The molecule has 0 heterocycles. The van der Waals surface area contributed by atoms with Gasteiger partial charge in [0.1, 0.15) is 11.5 Å². The summed E-state index contributed by atoms with van der Waals surface area (Å²) in [6, 6.07) is 5.62. The Morgan fingerprint density at radius 2 is 2.00 bits per heavy atom. The predicted molar refractivity (Wildman–Crippen MR) is 97.9 cm³/mol.